The van der Waals surface area contributed by atoms with Gasteiger partial charge in [-0.05, 0) is 30.4 Å². The van der Waals surface area contributed by atoms with Gasteiger partial charge < -0.3 is 15.7 Å². The third-order valence-electron chi connectivity index (χ3n) is 3.08. The van der Waals surface area contributed by atoms with Crippen LogP contribution in [0.2, 0.25) is 0 Å². The number of aromatic nitrogens is 1. The molecule has 1 atom stereocenters. The Balaban J connectivity index is 2.66. The van der Waals surface area contributed by atoms with E-state index < -0.39 is 5.97 Å². The summed E-state index contributed by atoms with van der Waals surface area (Å²) in [5, 5.41) is 14.7. The molecule has 116 valence electrons. The number of amides is 1. The predicted octanol–water partition coefficient (Wildman–Crippen LogP) is 1.99. The number of carboxylic acid groups (broad SMARTS) is 1. The van der Waals surface area contributed by atoms with E-state index in [1.165, 1.54) is 0 Å². The van der Waals surface area contributed by atoms with Gasteiger partial charge in [0.15, 0.2) is 0 Å². The van der Waals surface area contributed by atoms with E-state index in [1.54, 1.807) is 25.4 Å². The summed E-state index contributed by atoms with van der Waals surface area (Å²) in [7, 11) is 1.55. The average Bonchev–Trinajstić information content (AvgIpc) is 2.43. The molecule has 0 radical (unpaired) electrons. The Labute approximate surface area is 125 Å². The molecule has 0 aliphatic heterocycles. The summed E-state index contributed by atoms with van der Waals surface area (Å²) in [6.07, 6.45) is 2.53. The van der Waals surface area contributed by atoms with Crippen molar-refractivity contribution in [2.75, 3.05) is 18.9 Å². The molecule has 0 fully saturated rings. The molecule has 1 rings (SSSR count). The summed E-state index contributed by atoms with van der Waals surface area (Å²) in [4.78, 5) is 26.4. The van der Waals surface area contributed by atoms with Gasteiger partial charge in [-0.25, -0.2) is 0 Å². The van der Waals surface area contributed by atoms with Crippen LogP contribution < -0.4 is 10.6 Å². The van der Waals surface area contributed by atoms with Gasteiger partial charge in [0.05, 0.1) is 0 Å². The molecule has 1 unspecified atom stereocenters. The second-order valence-corrected chi connectivity index (χ2v) is 5.48. The maximum absolute atomic E-state index is 11.5. The van der Waals surface area contributed by atoms with Crippen LogP contribution in [0.25, 0.3) is 0 Å². The van der Waals surface area contributed by atoms with Crippen LogP contribution in [0.4, 0.5) is 5.69 Å². The van der Waals surface area contributed by atoms with Crippen molar-refractivity contribution < 1.29 is 14.7 Å². The van der Waals surface area contributed by atoms with Gasteiger partial charge in [0, 0.05) is 31.9 Å². The normalized spacial score (nSPS) is 12.0. The van der Waals surface area contributed by atoms with E-state index in [0.717, 1.165) is 12.1 Å². The molecule has 6 heteroatoms. The van der Waals surface area contributed by atoms with Gasteiger partial charge in [-0.15, -0.1) is 0 Å². The monoisotopic (exact) mass is 293 g/mol. The molecule has 1 heterocycles. The Bertz CT molecular complexity index is 489. The van der Waals surface area contributed by atoms with Crippen LogP contribution in [0.15, 0.2) is 18.3 Å². The van der Waals surface area contributed by atoms with Gasteiger partial charge in [0.25, 0.3) is 5.91 Å². The minimum absolute atomic E-state index is 0.0547. The lowest BCUT2D eigenvalue weighted by Crippen LogP contribution is -2.21. The van der Waals surface area contributed by atoms with Crippen molar-refractivity contribution in [2.45, 2.75) is 26.7 Å². The van der Waals surface area contributed by atoms with Gasteiger partial charge in [-0.2, -0.15) is 0 Å². The number of hydrogen-bond donors (Lipinski definition) is 3. The summed E-state index contributed by atoms with van der Waals surface area (Å²) in [5.74, 6) is -0.541. The van der Waals surface area contributed by atoms with E-state index in [1.807, 2.05) is 0 Å². The van der Waals surface area contributed by atoms with Crippen molar-refractivity contribution in [1.29, 1.82) is 0 Å². The molecule has 0 spiro atoms. The van der Waals surface area contributed by atoms with Crippen LogP contribution in [0.1, 0.15) is 37.2 Å². The Morgan fingerprint density at radius 1 is 1.38 bits per heavy atom. The van der Waals surface area contributed by atoms with Crippen LogP contribution in [-0.2, 0) is 4.79 Å². The molecule has 6 nitrogen and oxygen atoms in total. The largest absolute Gasteiger partial charge is 0.481 e. The Kier molecular flexibility index (Phi) is 6.65. The van der Waals surface area contributed by atoms with Crippen molar-refractivity contribution in [2.24, 2.45) is 11.8 Å². The molecular weight excluding hydrogens is 270 g/mol. The lowest BCUT2D eigenvalue weighted by atomic mass is 9.94. The Morgan fingerprint density at radius 2 is 2.10 bits per heavy atom. The lowest BCUT2D eigenvalue weighted by molar-refractivity contribution is -0.138. The molecule has 1 aromatic heterocycles. The molecule has 0 aliphatic rings. The van der Waals surface area contributed by atoms with Gasteiger partial charge in [-0.3, -0.25) is 14.6 Å². The number of rotatable bonds is 8. The van der Waals surface area contributed by atoms with E-state index in [4.69, 9.17) is 5.11 Å². The Morgan fingerprint density at radius 3 is 2.67 bits per heavy atom. The fourth-order valence-electron chi connectivity index (χ4n) is 2.21. The minimum atomic E-state index is -0.789. The van der Waals surface area contributed by atoms with Crippen LogP contribution >= 0.6 is 0 Å². The van der Waals surface area contributed by atoms with Crippen molar-refractivity contribution in [3.63, 3.8) is 0 Å². The SMILES string of the molecule is CNC(=O)c1cc(NCC(CC(=O)O)CC(C)C)ccn1. The highest BCUT2D eigenvalue weighted by Crippen LogP contribution is 2.17. The second kappa shape index (κ2) is 8.24. The molecule has 0 saturated heterocycles. The lowest BCUT2D eigenvalue weighted by Gasteiger charge is -2.18. The van der Waals surface area contributed by atoms with E-state index in [2.05, 4.69) is 29.5 Å². The van der Waals surface area contributed by atoms with Crippen LogP contribution in [0.5, 0.6) is 0 Å². The van der Waals surface area contributed by atoms with Gasteiger partial charge in [0.1, 0.15) is 5.69 Å². The number of pyridine rings is 1. The molecule has 3 N–H and O–H groups in total. The number of nitrogens with zero attached hydrogens (tertiary/aromatic N) is 1. The first-order chi connectivity index (χ1) is 9.92. The zero-order chi connectivity index (χ0) is 15.8. The fraction of sp³-hybridized carbons (Fsp3) is 0.533. The van der Waals surface area contributed by atoms with Crippen molar-refractivity contribution >= 4 is 17.6 Å². The number of carboxylic acids is 1. The third kappa shape index (κ3) is 6.25. The van der Waals surface area contributed by atoms with Crippen molar-refractivity contribution in [3.05, 3.63) is 24.0 Å². The fourth-order valence-corrected chi connectivity index (χ4v) is 2.21. The van der Waals surface area contributed by atoms with Gasteiger partial charge in [0.2, 0.25) is 0 Å². The molecule has 0 aliphatic carbocycles. The molecular formula is C15H23N3O3. The Hall–Kier alpha value is -2.11. The maximum atomic E-state index is 11.5. The first kappa shape index (κ1) is 16.9. The summed E-state index contributed by atoms with van der Waals surface area (Å²) in [6.45, 7) is 4.71. The van der Waals surface area contributed by atoms with Gasteiger partial charge in [-0.1, -0.05) is 13.8 Å². The highest BCUT2D eigenvalue weighted by atomic mass is 16.4. The first-order valence-corrected chi connectivity index (χ1v) is 7.06. The molecule has 1 aromatic rings. The summed E-state index contributed by atoms with van der Waals surface area (Å²) in [5.41, 5.74) is 1.10. The zero-order valence-corrected chi connectivity index (χ0v) is 12.7. The van der Waals surface area contributed by atoms with Gasteiger partial charge >= 0.3 is 5.97 Å². The van der Waals surface area contributed by atoms with Crippen LogP contribution in [0.3, 0.4) is 0 Å². The second-order valence-electron chi connectivity index (χ2n) is 5.48. The summed E-state index contributed by atoms with van der Waals surface area (Å²) >= 11 is 0. The number of hydrogen-bond acceptors (Lipinski definition) is 4. The molecule has 0 bridgehead atoms. The van der Waals surface area contributed by atoms with E-state index in [9.17, 15) is 9.59 Å². The smallest absolute Gasteiger partial charge is 0.303 e. The van der Waals surface area contributed by atoms with Crippen LogP contribution in [0, 0.1) is 11.8 Å². The molecule has 1 amide bonds. The number of anilines is 1. The number of carbonyl (C=O) groups is 2. The summed E-state index contributed by atoms with van der Waals surface area (Å²) in [6, 6.07) is 3.42. The highest BCUT2D eigenvalue weighted by molar-refractivity contribution is 5.92. The number of nitrogens with one attached hydrogen (secondary N) is 2. The molecule has 0 aromatic carbocycles. The average molecular weight is 293 g/mol. The molecule has 21 heavy (non-hydrogen) atoms. The number of aliphatic carboxylic acids is 1. The quantitative estimate of drug-likeness (QED) is 0.682. The van der Waals surface area contributed by atoms with E-state index in [0.29, 0.717) is 18.2 Å². The number of carbonyl (C=O) groups excluding carboxylic acids is 1. The first-order valence-electron chi connectivity index (χ1n) is 7.06. The van der Waals surface area contributed by atoms with Crippen molar-refractivity contribution in [1.82, 2.24) is 10.3 Å². The van der Waals surface area contributed by atoms with E-state index >= 15 is 0 Å². The standard InChI is InChI=1S/C15H23N3O3/c1-10(2)6-11(7-14(19)20)9-18-12-4-5-17-13(8-12)15(21)16-3/h4-5,8,10-11H,6-7,9H2,1-3H3,(H,16,21)(H,17,18)(H,19,20). The van der Waals surface area contributed by atoms with E-state index in [-0.39, 0.29) is 18.2 Å². The highest BCUT2D eigenvalue weighted by Gasteiger charge is 2.15. The zero-order valence-electron chi connectivity index (χ0n) is 12.7. The third-order valence-corrected chi connectivity index (χ3v) is 3.08. The predicted molar refractivity (Wildman–Crippen MR) is 81.3 cm³/mol. The maximum Gasteiger partial charge on any atom is 0.303 e. The molecule has 0 saturated carbocycles. The van der Waals surface area contributed by atoms with Crippen LogP contribution in [-0.4, -0.2) is 35.6 Å². The topological polar surface area (TPSA) is 91.3 Å². The minimum Gasteiger partial charge on any atom is -0.481 e. The van der Waals surface area contributed by atoms with Crippen molar-refractivity contribution in [3.8, 4) is 0 Å². The summed E-state index contributed by atoms with van der Waals surface area (Å²) < 4.78 is 0.